The van der Waals surface area contributed by atoms with Crippen LogP contribution in [0.5, 0.6) is 0 Å². The molecule has 0 aliphatic rings. The van der Waals surface area contributed by atoms with Gasteiger partial charge in [-0.25, -0.2) is 14.6 Å². The lowest BCUT2D eigenvalue weighted by Gasteiger charge is -2.07. The highest BCUT2D eigenvalue weighted by atomic mass is 16.6. The van der Waals surface area contributed by atoms with Crippen molar-refractivity contribution in [1.29, 1.82) is 0 Å². The molecule has 2 aromatic carbocycles. The number of oxazole rings is 1. The topological polar surface area (TPSA) is 151 Å². The zero-order valence-corrected chi connectivity index (χ0v) is 18.8. The molecule has 3 aromatic heterocycles. The minimum Gasteiger partial charge on any atom is -0.432 e. The van der Waals surface area contributed by atoms with E-state index in [0.29, 0.717) is 22.4 Å². The maximum Gasteiger partial charge on any atom is 0.307 e. The molecule has 0 atom stereocenters. The molecule has 3 heterocycles. The van der Waals surface area contributed by atoms with E-state index in [4.69, 9.17) is 4.42 Å². The second kappa shape index (κ2) is 9.62. The van der Waals surface area contributed by atoms with Gasteiger partial charge in [0.25, 0.3) is 17.1 Å². The largest absolute Gasteiger partial charge is 0.432 e. The Morgan fingerprint density at radius 3 is 2.72 bits per heavy atom. The maximum atomic E-state index is 12.9. The molecule has 1 N–H and O–H groups in total. The lowest BCUT2D eigenvalue weighted by atomic mass is 10.2. The number of hydrogen-bond donors (Lipinski definition) is 1. The lowest BCUT2D eigenvalue weighted by Crippen LogP contribution is -2.28. The second-order valence-electron chi connectivity index (χ2n) is 7.86. The summed E-state index contributed by atoms with van der Waals surface area (Å²) in [6.07, 6.45) is 4.28. The monoisotopic (exact) mass is 485 g/mol. The van der Waals surface area contributed by atoms with E-state index >= 15 is 0 Å². The molecule has 180 valence electrons. The van der Waals surface area contributed by atoms with Crippen LogP contribution >= 0.6 is 0 Å². The van der Waals surface area contributed by atoms with E-state index in [9.17, 15) is 19.7 Å². The number of amides is 1. The number of carbonyl (C=O) groups excluding carboxylic acids is 1. The van der Waals surface area contributed by atoms with E-state index < -0.39 is 10.8 Å². The Bertz CT molecular complexity index is 1620. The van der Waals surface area contributed by atoms with Crippen LogP contribution in [0, 0.1) is 10.1 Å². The van der Waals surface area contributed by atoms with E-state index in [0.717, 1.165) is 5.56 Å². The number of hydrogen-bond acceptors (Lipinski definition) is 8. The van der Waals surface area contributed by atoms with Gasteiger partial charge in [-0.15, -0.1) is 0 Å². The number of benzene rings is 2. The van der Waals surface area contributed by atoms with Gasteiger partial charge < -0.3 is 9.73 Å². The number of nitrogens with one attached hydrogen (secondary N) is 1. The summed E-state index contributed by atoms with van der Waals surface area (Å²) in [4.78, 5) is 44.2. The van der Waals surface area contributed by atoms with E-state index in [1.54, 1.807) is 12.1 Å². The number of nitro groups is 1. The standard InChI is InChI=1S/C24H19N7O5/c32-22(23-26-13-20(36-23)17-6-2-1-3-7-17)25-9-10-30-21-19(12-28-30)24(33)29(15-27-21)14-16-5-4-8-18(11-16)31(34)35/h1-8,11-13,15H,9-10,14H2,(H,25,32). The van der Waals surface area contributed by atoms with Crippen LogP contribution in [0.1, 0.15) is 16.2 Å². The first-order valence-corrected chi connectivity index (χ1v) is 10.9. The highest BCUT2D eigenvalue weighted by molar-refractivity contribution is 5.90. The average molecular weight is 485 g/mol. The van der Waals surface area contributed by atoms with E-state index in [2.05, 4.69) is 20.4 Å². The van der Waals surface area contributed by atoms with E-state index in [-0.39, 0.29) is 36.8 Å². The minimum atomic E-state index is -0.485. The van der Waals surface area contributed by atoms with Crippen molar-refractivity contribution >= 4 is 22.6 Å². The molecular weight excluding hydrogens is 466 g/mol. The Labute approximate surface area is 203 Å². The van der Waals surface area contributed by atoms with Gasteiger partial charge in [-0.3, -0.25) is 24.3 Å². The van der Waals surface area contributed by atoms with E-state index in [1.807, 2.05) is 30.3 Å². The number of aromatic nitrogens is 5. The molecule has 0 saturated carbocycles. The highest BCUT2D eigenvalue weighted by Gasteiger charge is 2.15. The lowest BCUT2D eigenvalue weighted by molar-refractivity contribution is -0.384. The Hall–Kier alpha value is -5.13. The summed E-state index contributed by atoms with van der Waals surface area (Å²) < 4.78 is 8.43. The van der Waals surface area contributed by atoms with Crippen LogP contribution in [0.4, 0.5) is 5.69 Å². The average Bonchev–Trinajstić information content (AvgIpc) is 3.55. The van der Waals surface area contributed by atoms with Crippen LogP contribution in [0.3, 0.4) is 0 Å². The summed E-state index contributed by atoms with van der Waals surface area (Å²) in [7, 11) is 0. The molecular formula is C24H19N7O5. The van der Waals surface area contributed by atoms with Crippen molar-refractivity contribution in [3.8, 4) is 11.3 Å². The zero-order valence-electron chi connectivity index (χ0n) is 18.8. The summed E-state index contributed by atoms with van der Waals surface area (Å²) in [5, 5.41) is 18.2. The molecule has 0 radical (unpaired) electrons. The quantitative estimate of drug-likeness (QED) is 0.260. The Kier molecular flexibility index (Phi) is 6.05. The van der Waals surface area contributed by atoms with Crippen molar-refractivity contribution in [2.75, 3.05) is 6.54 Å². The minimum absolute atomic E-state index is 0.0505. The van der Waals surface area contributed by atoms with Crippen molar-refractivity contribution in [3.63, 3.8) is 0 Å². The summed E-state index contributed by atoms with van der Waals surface area (Å²) >= 11 is 0. The van der Waals surface area contributed by atoms with Crippen molar-refractivity contribution < 1.29 is 14.1 Å². The fourth-order valence-corrected chi connectivity index (χ4v) is 3.70. The highest BCUT2D eigenvalue weighted by Crippen LogP contribution is 2.19. The fourth-order valence-electron chi connectivity index (χ4n) is 3.70. The summed E-state index contributed by atoms with van der Waals surface area (Å²) in [5.41, 5.74) is 1.41. The predicted molar refractivity (Wildman–Crippen MR) is 128 cm³/mol. The number of fused-ring (bicyclic) bond motifs is 1. The molecule has 0 aliphatic heterocycles. The third-order valence-electron chi connectivity index (χ3n) is 5.46. The summed E-state index contributed by atoms with van der Waals surface area (Å²) in [5.74, 6) is -0.0355. The zero-order chi connectivity index (χ0) is 25.1. The molecule has 0 spiro atoms. The number of nitrogens with zero attached hydrogens (tertiary/aromatic N) is 6. The third-order valence-corrected chi connectivity index (χ3v) is 5.46. The van der Waals surface area contributed by atoms with Gasteiger partial charge in [0.1, 0.15) is 11.7 Å². The van der Waals surface area contributed by atoms with Crippen molar-refractivity contribution in [2.24, 2.45) is 0 Å². The summed E-state index contributed by atoms with van der Waals surface area (Å²) in [6, 6.07) is 15.4. The molecule has 12 heteroatoms. The Morgan fingerprint density at radius 1 is 1.08 bits per heavy atom. The second-order valence-corrected chi connectivity index (χ2v) is 7.86. The first kappa shape index (κ1) is 22.7. The van der Waals surface area contributed by atoms with Crippen LogP contribution in [0.25, 0.3) is 22.4 Å². The Balaban J connectivity index is 1.24. The molecule has 0 unspecified atom stereocenters. The predicted octanol–water partition coefficient (Wildman–Crippen LogP) is 2.63. The van der Waals surface area contributed by atoms with Gasteiger partial charge in [0.05, 0.1) is 30.4 Å². The number of non-ortho nitro benzene ring substituents is 1. The molecule has 36 heavy (non-hydrogen) atoms. The molecule has 0 bridgehead atoms. The van der Waals surface area contributed by atoms with Gasteiger partial charge >= 0.3 is 5.91 Å². The number of nitro benzene ring substituents is 1. The molecule has 0 saturated heterocycles. The third kappa shape index (κ3) is 4.59. The first-order valence-electron chi connectivity index (χ1n) is 10.9. The van der Waals surface area contributed by atoms with Gasteiger partial charge in [-0.05, 0) is 5.56 Å². The van der Waals surface area contributed by atoms with Crippen LogP contribution in [-0.2, 0) is 13.1 Å². The molecule has 5 aromatic rings. The van der Waals surface area contributed by atoms with Gasteiger partial charge in [-0.2, -0.15) is 5.10 Å². The first-order chi connectivity index (χ1) is 17.5. The van der Waals surface area contributed by atoms with Crippen molar-refractivity contribution in [3.05, 3.63) is 105 Å². The van der Waals surface area contributed by atoms with Crippen LogP contribution in [0.2, 0.25) is 0 Å². The smallest absolute Gasteiger partial charge is 0.307 e. The van der Waals surface area contributed by atoms with Crippen molar-refractivity contribution in [2.45, 2.75) is 13.1 Å². The molecule has 1 amide bonds. The maximum absolute atomic E-state index is 12.9. The van der Waals surface area contributed by atoms with Gasteiger partial charge in [-0.1, -0.05) is 42.5 Å². The molecule has 5 rings (SSSR count). The van der Waals surface area contributed by atoms with Crippen molar-refractivity contribution in [1.82, 2.24) is 29.6 Å². The number of rotatable bonds is 8. The van der Waals surface area contributed by atoms with E-state index in [1.165, 1.54) is 40.1 Å². The van der Waals surface area contributed by atoms with Gasteiger partial charge in [0.15, 0.2) is 11.4 Å². The van der Waals surface area contributed by atoms with Crippen LogP contribution in [0.15, 0.2) is 82.5 Å². The van der Waals surface area contributed by atoms with Gasteiger partial charge in [0, 0.05) is 24.2 Å². The summed E-state index contributed by atoms with van der Waals surface area (Å²) in [6.45, 7) is 0.603. The van der Waals surface area contributed by atoms with Crippen LogP contribution in [-0.4, -0.2) is 41.7 Å². The fraction of sp³-hybridized carbons (Fsp3) is 0.125. The molecule has 12 nitrogen and oxygen atoms in total. The van der Waals surface area contributed by atoms with Crippen LogP contribution < -0.4 is 10.9 Å². The normalized spacial score (nSPS) is 11.0. The molecule has 0 aliphatic carbocycles. The SMILES string of the molecule is O=C(NCCn1ncc2c(=O)n(Cc3cccc([N+](=O)[O-])c3)cnc21)c1ncc(-c2ccccc2)o1. The molecule has 0 fully saturated rings. The number of carbonyl (C=O) groups is 1. The Morgan fingerprint density at radius 2 is 1.92 bits per heavy atom. The van der Waals surface area contributed by atoms with Gasteiger partial charge in [0.2, 0.25) is 0 Å².